The molecule has 0 bridgehead atoms. The minimum Gasteiger partial charge on any atom is -0.456 e. The SMILES string of the molecule is Cc1c(-c2cccc(-c3ccc(-c4ccc(N(c5ccccc5)c5cccc(-c6ccccc6)c5)cc4)cc3)c2)oc2ccccc12. The molecule has 47 heavy (non-hydrogen) atoms. The first-order valence-electron chi connectivity index (χ1n) is 16.0. The van der Waals surface area contributed by atoms with Crippen molar-refractivity contribution >= 4 is 28.0 Å². The first kappa shape index (κ1) is 28.4. The average molecular weight is 604 g/mol. The molecular formula is C45H33NO. The molecule has 2 nitrogen and oxygen atoms in total. The zero-order chi connectivity index (χ0) is 31.6. The number of rotatable bonds is 7. The maximum absolute atomic E-state index is 6.26. The maximum atomic E-state index is 6.26. The van der Waals surface area contributed by atoms with E-state index in [1.807, 2.05) is 12.1 Å². The van der Waals surface area contributed by atoms with Gasteiger partial charge < -0.3 is 9.32 Å². The Morgan fingerprint density at radius 3 is 1.53 bits per heavy atom. The Bertz CT molecular complexity index is 2280. The Kier molecular flexibility index (Phi) is 7.45. The summed E-state index contributed by atoms with van der Waals surface area (Å²) in [6.45, 7) is 2.13. The molecule has 0 aliphatic carbocycles. The Morgan fingerprint density at radius 1 is 0.362 bits per heavy atom. The molecule has 8 aromatic rings. The van der Waals surface area contributed by atoms with E-state index in [2.05, 4.69) is 182 Å². The van der Waals surface area contributed by atoms with Crippen molar-refractivity contribution in [2.24, 2.45) is 0 Å². The van der Waals surface area contributed by atoms with Crippen molar-refractivity contribution in [2.75, 3.05) is 4.90 Å². The van der Waals surface area contributed by atoms with Crippen LogP contribution >= 0.6 is 0 Å². The van der Waals surface area contributed by atoms with E-state index in [1.54, 1.807) is 0 Å². The predicted molar refractivity (Wildman–Crippen MR) is 197 cm³/mol. The summed E-state index contributed by atoms with van der Waals surface area (Å²) < 4.78 is 6.26. The topological polar surface area (TPSA) is 16.4 Å². The minimum absolute atomic E-state index is 0.924. The number of nitrogens with zero attached hydrogens (tertiary/aromatic N) is 1. The summed E-state index contributed by atoms with van der Waals surface area (Å²) in [6, 6.07) is 64.4. The molecule has 0 saturated heterocycles. The maximum Gasteiger partial charge on any atom is 0.138 e. The Labute approximate surface area is 275 Å². The van der Waals surface area contributed by atoms with Gasteiger partial charge in [0, 0.05) is 33.6 Å². The molecule has 0 atom stereocenters. The van der Waals surface area contributed by atoms with Crippen LogP contribution in [0.25, 0.3) is 55.7 Å². The van der Waals surface area contributed by atoms with Crippen molar-refractivity contribution in [3.63, 3.8) is 0 Å². The fourth-order valence-corrected chi connectivity index (χ4v) is 6.43. The lowest BCUT2D eigenvalue weighted by molar-refractivity contribution is 0.629. The van der Waals surface area contributed by atoms with Crippen LogP contribution in [0.5, 0.6) is 0 Å². The molecule has 0 aliphatic rings. The fraction of sp³-hybridized carbons (Fsp3) is 0.0222. The average Bonchev–Trinajstić information content (AvgIpc) is 3.49. The lowest BCUT2D eigenvalue weighted by atomic mass is 9.97. The monoisotopic (exact) mass is 603 g/mol. The molecule has 1 aromatic heterocycles. The first-order chi connectivity index (χ1) is 23.2. The van der Waals surface area contributed by atoms with Crippen LogP contribution in [-0.2, 0) is 0 Å². The highest BCUT2D eigenvalue weighted by Gasteiger charge is 2.15. The number of hydrogen-bond acceptors (Lipinski definition) is 2. The van der Waals surface area contributed by atoms with Gasteiger partial charge in [-0.15, -0.1) is 0 Å². The van der Waals surface area contributed by atoms with Crippen molar-refractivity contribution in [1.29, 1.82) is 0 Å². The van der Waals surface area contributed by atoms with Crippen LogP contribution in [-0.4, -0.2) is 0 Å². The minimum atomic E-state index is 0.924. The van der Waals surface area contributed by atoms with Crippen LogP contribution in [0.2, 0.25) is 0 Å². The third-order valence-corrected chi connectivity index (χ3v) is 8.87. The lowest BCUT2D eigenvalue weighted by Gasteiger charge is -2.26. The van der Waals surface area contributed by atoms with Crippen molar-refractivity contribution in [2.45, 2.75) is 6.92 Å². The van der Waals surface area contributed by atoms with Crippen molar-refractivity contribution in [1.82, 2.24) is 0 Å². The second-order valence-corrected chi connectivity index (χ2v) is 11.8. The van der Waals surface area contributed by atoms with E-state index >= 15 is 0 Å². The third-order valence-electron chi connectivity index (χ3n) is 8.87. The molecule has 0 N–H and O–H groups in total. The number of fused-ring (bicyclic) bond motifs is 1. The number of aryl methyl sites for hydroxylation is 1. The van der Waals surface area contributed by atoms with Crippen LogP contribution < -0.4 is 4.90 Å². The van der Waals surface area contributed by atoms with Crippen LogP contribution in [0.15, 0.2) is 186 Å². The Hall–Kier alpha value is -6.12. The molecule has 0 amide bonds. The second kappa shape index (κ2) is 12.3. The van der Waals surface area contributed by atoms with E-state index in [0.717, 1.165) is 39.4 Å². The van der Waals surface area contributed by atoms with Crippen LogP contribution in [0.1, 0.15) is 5.56 Å². The van der Waals surface area contributed by atoms with Gasteiger partial charge in [0.15, 0.2) is 0 Å². The Morgan fingerprint density at radius 2 is 0.830 bits per heavy atom. The fourth-order valence-electron chi connectivity index (χ4n) is 6.43. The van der Waals surface area contributed by atoms with E-state index in [0.29, 0.717) is 0 Å². The number of benzene rings is 7. The quantitative estimate of drug-likeness (QED) is 0.180. The van der Waals surface area contributed by atoms with Gasteiger partial charge in [-0.2, -0.15) is 0 Å². The zero-order valence-corrected chi connectivity index (χ0v) is 26.2. The molecule has 0 saturated carbocycles. The smallest absolute Gasteiger partial charge is 0.138 e. The molecule has 8 rings (SSSR count). The zero-order valence-electron chi connectivity index (χ0n) is 26.2. The van der Waals surface area contributed by atoms with Crippen molar-refractivity contribution in [3.05, 3.63) is 188 Å². The summed E-state index contributed by atoms with van der Waals surface area (Å²) in [6.07, 6.45) is 0. The molecule has 1 heterocycles. The van der Waals surface area contributed by atoms with Gasteiger partial charge in [0.05, 0.1) is 0 Å². The highest BCUT2D eigenvalue weighted by Crippen LogP contribution is 2.38. The summed E-state index contributed by atoms with van der Waals surface area (Å²) in [5.74, 6) is 0.932. The summed E-state index contributed by atoms with van der Waals surface area (Å²) in [5, 5.41) is 1.16. The Balaban J connectivity index is 1.08. The van der Waals surface area contributed by atoms with Crippen LogP contribution in [0, 0.1) is 6.92 Å². The van der Waals surface area contributed by atoms with Gasteiger partial charge in [-0.3, -0.25) is 0 Å². The molecular weight excluding hydrogens is 571 g/mol. The summed E-state index contributed by atoms with van der Waals surface area (Å²) in [7, 11) is 0. The molecule has 0 fully saturated rings. The van der Waals surface area contributed by atoms with Crippen molar-refractivity contribution < 1.29 is 4.42 Å². The number of furan rings is 1. The molecule has 7 aromatic carbocycles. The number of hydrogen-bond donors (Lipinski definition) is 0. The van der Waals surface area contributed by atoms with Crippen LogP contribution in [0.4, 0.5) is 17.1 Å². The van der Waals surface area contributed by atoms with E-state index < -0.39 is 0 Å². The van der Waals surface area contributed by atoms with Gasteiger partial charge in [0.2, 0.25) is 0 Å². The number of para-hydroxylation sites is 2. The summed E-state index contributed by atoms with van der Waals surface area (Å²) in [4.78, 5) is 2.32. The largest absolute Gasteiger partial charge is 0.456 e. The van der Waals surface area contributed by atoms with Gasteiger partial charge in [0.1, 0.15) is 11.3 Å². The predicted octanol–water partition coefficient (Wildman–Crippen LogP) is 12.9. The molecule has 0 aliphatic heterocycles. The third kappa shape index (κ3) is 5.62. The van der Waals surface area contributed by atoms with Crippen molar-refractivity contribution in [3.8, 4) is 44.7 Å². The molecule has 0 unspecified atom stereocenters. The van der Waals surface area contributed by atoms with Gasteiger partial charge in [0.25, 0.3) is 0 Å². The van der Waals surface area contributed by atoms with Gasteiger partial charge >= 0.3 is 0 Å². The van der Waals surface area contributed by atoms with Gasteiger partial charge in [-0.1, -0.05) is 133 Å². The van der Waals surface area contributed by atoms with E-state index in [4.69, 9.17) is 4.42 Å². The summed E-state index contributed by atoms with van der Waals surface area (Å²) in [5.41, 5.74) is 13.6. The first-order valence-corrected chi connectivity index (χ1v) is 16.0. The summed E-state index contributed by atoms with van der Waals surface area (Å²) >= 11 is 0. The molecule has 224 valence electrons. The van der Waals surface area contributed by atoms with E-state index in [1.165, 1.54) is 38.9 Å². The normalized spacial score (nSPS) is 11.1. The molecule has 0 radical (unpaired) electrons. The highest BCUT2D eigenvalue weighted by atomic mass is 16.3. The standard InChI is InChI=1S/C45H33NO/c1-32-43-20-8-9-21-44(43)47-45(32)39-16-10-14-37(30-39)36-24-22-34(23-25-36)35-26-28-41(29-27-35)46(40-17-6-3-7-18-40)42-19-11-15-38(31-42)33-12-4-2-5-13-33/h2-31H,1H3. The lowest BCUT2D eigenvalue weighted by Crippen LogP contribution is -2.09. The van der Waals surface area contributed by atoms with Crippen LogP contribution in [0.3, 0.4) is 0 Å². The van der Waals surface area contributed by atoms with E-state index in [-0.39, 0.29) is 0 Å². The molecule has 0 spiro atoms. The molecule has 2 heteroatoms. The highest BCUT2D eigenvalue weighted by molar-refractivity contribution is 5.88. The number of anilines is 3. The second-order valence-electron chi connectivity index (χ2n) is 11.8. The van der Waals surface area contributed by atoms with Gasteiger partial charge in [-0.05, 0) is 88.8 Å². The van der Waals surface area contributed by atoms with Gasteiger partial charge in [-0.25, -0.2) is 0 Å². The van der Waals surface area contributed by atoms with E-state index in [9.17, 15) is 0 Å².